The maximum atomic E-state index is 14.1. The van der Waals surface area contributed by atoms with Crippen molar-refractivity contribution >= 4 is 10.0 Å². The molecule has 0 N–H and O–H groups in total. The molecule has 0 aliphatic rings. The van der Waals surface area contributed by atoms with Gasteiger partial charge in [-0.15, -0.1) is 0 Å². The Morgan fingerprint density at radius 1 is 0.931 bits per heavy atom. The van der Waals surface area contributed by atoms with Gasteiger partial charge >= 0.3 is 6.18 Å². The predicted molar refractivity (Wildman–Crippen MR) is 92.9 cm³/mol. The van der Waals surface area contributed by atoms with Crippen LogP contribution >= 0.6 is 0 Å². The zero-order chi connectivity index (χ0) is 21.2. The number of hydrogen-bond donors (Lipinski definition) is 0. The topological polar surface area (TPSA) is 50.5 Å². The lowest BCUT2D eigenvalue weighted by Crippen LogP contribution is -2.31. The van der Waals surface area contributed by atoms with E-state index in [-0.39, 0.29) is 5.76 Å². The molecule has 0 aliphatic carbocycles. The molecule has 0 spiro atoms. The second-order valence-electron chi connectivity index (χ2n) is 6.08. The fourth-order valence-corrected chi connectivity index (χ4v) is 4.20. The molecule has 3 rings (SSSR count). The highest BCUT2D eigenvalue weighted by atomic mass is 32.2. The Labute approximate surface area is 163 Å². The molecule has 29 heavy (non-hydrogen) atoms. The molecule has 10 heteroatoms. The van der Waals surface area contributed by atoms with Crippen LogP contribution in [0.2, 0.25) is 0 Å². The Kier molecular flexibility index (Phi) is 5.76. The van der Waals surface area contributed by atoms with Crippen LogP contribution in [0.1, 0.15) is 16.9 Å². The van der Waals surface area contributed by atoms with Crippen molar-refractivity contribution in [2.75, 3.05) is 0 Å². The first-order valence-corrected chi connectivity index (χ1v) is 9.66. The minimum Gasteiger partial charge on any atom is -0.468 e. The van der Waals surface area contributed by atoms with E-state index in [1.165, 1.54) is 30.5 Å². The molecule has 0 fully saturated rings. The second-order valence-corrected chi connectivity index (χ2v) is 7.99. The molecule has 0 radical (unpaired) electrons. The van der Waals surface area contributed by atoms with Crippen LogP contribution in [0, 0.1) is 11.6 Å². The average Bonchev–Trinajstić information content (AvgIpc) is 3.13. The number of alkyl halides is 3. The molecular weight excluding hydrogens is 417 g/mol. The van der Waals surface area contributed by atoms with E-state index in [1.54, 1.807) is 0 Å². The third-order valence-electron chi connectivity index (χ3n) is 4.09. The highest BCUT2D eigenvalue weighted by Gasteiger charge is 2.36. The van der Waals surface area contributed by atoms with Crippen molar-refractivity contribution in [2.45, 2.75) is 24.2 Å². The highest BCUT2D eigenvalue weighted by molar-refractivity contribution is 7.89. The zero-order valence-corrected chi connectivity index (χ0v) is 15.5. The van der Waals surface area contributed by atoms with Gasteiger partial charge in [0.05, 0.1) is 18.4 Å². The summed E-state index contributed by atoms with van der Waals surface area (Å²) in [7, 11) is -4.57. The van der Waals surface area contributed by atoms with Gasteiger partial charge in [0.2, 0.25) is 10.0 Å². The van der Waals surface area contributed by atoms with Crippen LogP contribution in [0.15, 0.2) is 70.2 Å². The predicted octanol–water partition coefficient (Wildman–Crippen LogP) is 4.97. The lowest BCUT2D eigenvalue weighted by molar-refractivity contribution is -0.138. The van der Waals surface area contributed by atoms with E-state index in [1.807, 2.05) is 0 Å². The largest absolute Gasteiger partial charge is 0.468 e. The lowest BCUT2D eigenvalue weighted by Gasteiger charge is -2.23. The fraction of sp³-hybridized carbons (Fsp3) is 0.158. The van der Waals surface area contributed by atoms with E-state index >= 15 is 0 Å². The monoisotopic (exact) mass is 431 g/mol. The quantitative estimate of drug-likeness (QED) is 0.518. The number of rotatable bonds is 6. The van der Waals surface area contributed by atoms with Gasteiger partial charge in [-0.2, -0.15) is 17.5 Å². The number of furan rings is 1. The molecule has 0 atom stereocenters. The first kappa shape index (κ1) is 21.0. The maximum Gasteiger partial charge on any atom is 0.416 e. The summed E-state index contributed by atoms with van der Waals surface area (Å²) in [6, 6.07) is 9.13. The van der Waals surface area contributed by atoms with Gasteiger partial charge in [0, 0.05) is 6.54 Å². The molecule has 0 aliphatic heterocycles. The molecule has 0 saturated carbocycles. The summed E-state index contributed by atoms with van der Waals surface area (Å²) in [6.07, 6.45) is -3.58. The average molecular weight is 431 g/mol. The van der Waals surface area contributed by atoms with E-state index in [0.29, 0.717) is 22.5 Å². The summed E-state index contributed by atoms with van der Waals surface area (Å²) in [6.45, 7) is -1.32. The third-order valence-corrected chi connectivity index (χ3v) is 5.91. The number of halogens is 5. The third kappa shape index (κ3) is 4.65. The summed E-state index contributed by atoms with van der Waals surface area (Å²) < 4.78 is 99.4. The minimum atomic E-state index is -4.83. The van der Waals surface area contributed by atoms with Gasteiger partial charge in [0.25, 0.3) is 0 Å². The van der Waals surface area contributed by atoms with Crippen LogP contribution < -0.4 is 0 Å². The molecule has 2 aromatic carbocycles. The maximum absolute atomic E-state index is 14.1. The van der Waals surface area contributed by atoms with Gasteiger partial charge in [0.1, 0.15) is 22.3 Å². The molecular formula is C19H14F5NO3S. The van der Waals surface area contributed by atoms with Crippen molar-refractivity contribution in [3.8, 4) is 0 Å². The first-order chi connectivity index (χ1) is 13.6. The van der Waals surface area contributed by atoms with Crippen LogP contribution in [0.25, 0.3) is 0 Å². The van der Waals surface area contributed by atoms with Crippen LogP contribution in [-0.2, 0) is 29.3 Å². The van der Waals surface area contributed by atoms with Crippen molar-refractivity contribution in [1.82, 2.24) is 4.31 Å². The van der Waals surface area contributed by atoms with E-state index in [0.717, 1.165) is 12.1 Å². The van der Waals surface area contributed by atoms with Crippen LogP contribution in [0.4, 0.5) is 22.0 Å². The lowest BCUT2D eigenvalue weighted by atomic mass is 10.1. The van der Waals surface area contributed by atoms with Gasteiger partial charge in [-0.3, -0.25) is 0 Å². The second kappa shape index (κ2) is 7.96. The number of benzene rings is 2. The van der Waals surface area contributed by atoms with Crippen molar-refractivity contribution in [1.29, 1.82) is 0 Å². The Morgan fingerprint density at radius 2 is 1.66 bits per heavy atom. The standard InChI is InChI=1S/C19H14F5NO3S/c20-14-7-8-16(19(22,23)24)13(10-14)11-25(12-15-4-3-9-28-15)29(26,27)18-6-2-1-5-17(18)21/h1-10H,11-12H2. The molecule has 1 aromatic heterocycles. The number of nitrogens with zero attached hydrogens (tertiary/aromatic N) is 1. The molecule has 1 heterocycles. The SMILES string of the molecule is O=S(=O)(c1ccccc1F)N(Cc1ccco1)Cc1cc(F)ccc1C(F)(F)F. The summed E-state index contributed by atoms with van der Waals surface area (Å²) in [5, 5.41) is 0. The van der Waals surface area contributed by atoms with E-state index in [4.69, 9.17) is 4.42 Å². The van der Waals surface area contributed by atoms with Gasteiger partial charge in [-0.05, 0) is 48.0 Å². The summed E-state index contributed by atoms with van der Waals surface area (Å²) in [4.78, 5) is -0.712. The smallest absolute Gasteiger partial charge is 0.416 e. The van der Waals surface area contributed by atoms with Crippen LogP contribution in [-0.4, -0.2) is 12.7 Å². The Balaban J connectivity index is 2.09. The number of sulfonamides is 1. The summed E-state index contributed by atoms with van der Waals surface area (Å²) in [5.74, 6) is -1.91. The highest BCUT2D eigenvalue weighted by Crippen LogP contribution is 2.34. The Morgan fingerprint density at radius 3 is 2.28 bits per heavy atom. The van der Waals surface area contributed by atoms with Gasteiger partial charge in [-0.25, -0.2) is 17.2 Å². The molecule has 154 valence electrons. The fourth-order valence-electron chi connectivity index (χ4n) is 2.75. The Hall–Kier alpha value is -2.72. The summed E-state index contributed by atoms with van der Waals surface area (Å²) in [5.41, 5.74) is -1.80. The molecule has 4 nitrogen and oxygen atoms in total. The van der Waals surface area contributed by atoms with Crippen LogP contribution in [0.5, 0.6) is 0 Å². The normalized spacial score (nSPS) is 12.5. The van der Waals surface area contributed by atoms with Crippen molar-refractivity contribution < 1.29 is 34.8 Å². The number of hydrogen-bond acceptors (Lipinski definition) is 3. The van der Waals surface area contributed by atoms with Crippen molar-refractivity contribution in [3.05, 3.63) is 89.4 Å². The van der Waals surface area contributed by atoms with E-state index in [9.17, 15) is 30.4 Å². The van der Waals surface area contributed by atoms with Crippen molar-refractivity contribution in [2.24, 2.45) is 0 Å². The molecule has 0 amide bonds. The molecule has 0 unspecified atom stereocenters. The zero-order valence-electron chi connectivity index (χ0n) is 14.7. The summed E-state index contributed by atoms with van der Waals surface area (Å²) >= 11 is 0. The Bertz CT molecular complexity index is 1100. The molecule has 3 aromatic rings. The van der Waals surface area contributed by atoms with Gasteiger partial charge < -0.3 is 4.42 Å². The van der Waals surface area contributed by atoms with E-state index in [2.05, 4.69) is 0 Å². The van der Waals surface area contributed by atoms with Crippen molar-refractivity contribution in [3.63, 3.8) is 0 Å². The van der Waals surface area contributed by atoms with E-state index < -0.39 is 56.9 Å². The van der Waals surface area contributed by atoms with Gasteiger partial charge in [-0.1, -0.05) is 12.1 Å². The van der Waals surface area contributed by atoms with Gasteiger partial charge in [0.15, 0.2) is 0 Å². The minimum absolute atomic E-state index is 0.120. The van der Waals surface area contributed by atoms with Crippen LogP contribution in [0.3, 0.4) is 0 Å². The molecule has 0 bridgehead atoms. The first-order valence-electron chi connectivity index (χ1n) is 8.22. The molecule has 0 saturated heterocycles.